The van der Waals surface area contributed by atoms with E-state index in [2.05, 4.69) is 53.5 Å². The van der Waals surface area contributed by atoms with E-state index in [0.29, 0.717) is 13.1 Å². The Balaban J connectivity index is 1.80. The summed E-state index contributed by atoms with van der Waals surface area (Å²) in [5.74, 6) is 0.744. The number of urea groups is 1. The van der Waals surface area contributed by atoms with Crippen LogP contribution < -0.4 is 5.32 Å². The molecule has 0 atom stereocenters. The molecular weight excluding hydrogens is 316 g/mol. The highest BCUT2D eigenvalue weighted by molar-refractivity contribution is 5.73. The first kappa shape index (κ1) is 19.0. The minimum absolute atomic E-state index is 0.132. The minimum atomic E-state index is -0.132. The third-order valence-corrected chi connectivity index (χ3v) is 4.19. The predicted molar refractivity (Wildman–Crippen MR) is 98.0 cm³/mol. The SMILES string of the molecule is CCN(CC)Cc1ccc(CNC(=O)N(C)Cc2cc(C)on2)cc1. The summed E-state index contributed by atoms with van der Waals surface area (Å²) in [5.41, 5.74) is 3.12. The minimum Gasteiger partial charge on any atom is -0.361 e. The Labute approximate surface area is 149 Å². The number of nitrogens with one attached hydrogen (secondary N) is 1. The van der Waals surface area contributed by atoms with Crippen molar-refractivity contribution in [3.63, 3.8) is 0 Å². The van der Waals surface area contributed by atoms with E-state index in [-0.39, 0.29) is 6.03 Å². The number of benzene rings is 1. The van der Waals surface area contributed by atoms with Crippen LogP contribution in [0.4, 0.5) is 4.79 Å². The second-order valence-electron chi connectivity index (χ2n) is 6.22. The van der Waals surface area contributed by atoms with Crippen molar-refractivity contribution >= 4 is 6.03 Å². The van der Waals surface area contributed by atoms with Crippen molar-refractivity contribution < 1.29 is 9.32 Å². The van der Waals surface area contributed by atoms with E-state index in [0.717, 1.165) is 36.7 Å². The molecule has 6 nitrogen and oxygen atoms in total. The Morgan fingerprint density at radius 1 is 1.12 bits per heavy atom. The van der Waals surface area contributed by atoms with Gasteiger partial charge in [-0.05, 0) is 31.1 Å². The summed E-state index contributed by atoms with van der Waals surface area (Å²) in [6.45, 7) is 10.2. The fourth-order valence-corrected chi connectivity index (χ4v) is 2.59. The fourth-order valence-electron chi connectivity index (χ4n) is 2.59. The molecule has 0 saturated carbocycles. The molecule has 0 fully saturated rings. The summed E-state index contributed by atoms with van der Waals surface area (Å²) in [6, 6.07) is 10.1. The molecule has 1 heterocycles. The van der Waals surface area contributed by atoms with Crippen LogP contribution in [-0.4, -0.2) is 41.1 Å². The van der Waals surface area contributed by atoms with Crippen LogP contribution in [0.25, 0.3) is 0 Å². The molecule has 1 aromatic carbocycles. The number of amides is 2. The smallest absolute Gasteiger partial charge is 0.317 e. The first-order chi connectivity index (χ1) is 12.0. The van der Waals surface area contributed by atoms with Crippen LogP contribution >= 0.6 is 0 Å². The third kappa shape index (κ3) is 5.90. The van der Waals surface area contributed by atoms with Gasteiger partial charge in [0.25, 0.3) is 0 Å². The number of rotatable bonds is 8. The van der Waals surface area contributed by atoms with Crippen molar-refractivity contribution in [1.29, 1.82) is 0 Å². The molecule has 2 amide bonds. The average molecular weight is 344 g/mol. The van der Waals surface area contributed by atoms with Gasteiger partial charge in [0.1, 0.15) is 11.5 Å². The second-order valence-corrected chi connectivity index (χ2v) is 6.22. The molecule has 6 heteroatoms. The standard InChI is InChI=1S/C19H28N4O2/c1-5-23(6-2)13-17-9-7-16(8-10-17)12-20-19(24)22(4)14-18-11-15(3)25-21-18/h7-11H,5-6,12-14H2,1-4H3,(H,20,24). The molecule has 2 aromatic rings. The van der Waals surface area contributed by atoms with E-state index in [1.807, 2.05) is 13.0 Å². The maximum atomic E-state index is 12.2. The van der Waals surface area contributed by atoms with Crippen LogP contribution in [-0.2, 0) is 19.6 Å². The summed E-state index contributed by atoms with van der Waals surface area (Å²) in [4.78, 5) is 16.1. The van der Waals surface area contributed by atoms with Gasteiger partial charge in [-0.25, -0.2) is 4.79 Å². The van der Waals surface area contributed by atoms with E-state index in [9.17, 15) is 4.79 Å². The van der Waals surface area contributed by atoms with Crippen LogP contribution in [0.5, 0.6) is 0 Å². The predicted octanol–water partition coefficient (Wildman–Crippen LogP) is 3.17. The monoisotopic (exact) mass is 344 g/mol. The van der Waals surface area contributed by atoms with Crippen molar-refractivity contribution in [2.45, 2.75) is 40.4 Å². The first-order valence-electron chi connectivity index (χ1n) is 8.73. The molecule has 1 N–H and O–H groups in total. The van der Waals surface area contributed by atoms with Crippen molar-refractivity contribution in [3.05, 3.63) is 52.9 Å². The largest absolute Gasteiger partial charge is 0.361 e. The zero-order chi connectivity index (χ0) is 18.2. The number of aryl methyl sites for hydroxylation is 1. The molecule has 0 bridgehead atoms. The van der Waals surface area contributed by atoms with E-state index in [4.69, 9.17) is 4.52 Å². The third-order valence-electron chi connectivity index (χ3n) is 4.19. The van der Waals surface area contributed by atoms with Gasteiger partial charge in [-0.15, -0.1) is 0 Å². The Morgan fingerprint density at radius 2 is 1.76 bits per heavy atom. The number of hydrogen-bond acceptors (Lipinski definition) is 4. The normalized spacial score (nSPS) is 10.9. The van der Waals surface area contributed by atoms with Crippen LogP contribution in [0.15, 0.2) is 34.9 Å². The molecule has 0 aliphatic carbocycles. The average Bonchev–Trinajstić information content (AvgIpc) is 3.03. The van der Waals surface area contributed by atoms with Gasteiger partial charge in [-0.2, -0.15) is 0 Å². The molecule has 0 saturated heterocycles. The topological polar surface area (TPSA) is 61.6 Å². The van der Waals surface area contributed by atoms with Gasteiger partial charge in [0, 0.05) is 26.2 Å². The molecule has 0 aliphatic heterocycles. The van der Waals surface area contributed by atoms with E-state index in [1.165, 1.54) is 5.56 Å². The maximum Gasteiger partial charge on any atom is 0.317 e. The van der Waals surface area contributed by atoms with E-state index < -0.39 is 0 Å². The zero-order valence-corrected chi connectivity index (χ0v) is 15.6. The first-order valence-corrected chi connectivity index (χ1v) is 8.73. The lowest BCUT2D eigenvalue weighted by Gasteiger charge is -2.18. The molecule has 136 valence electrons. The Morgan fingerprint density at radius 3 is 2.32 bits per heavy atom. The van der Waals surface area contributed by atoms with Crippen LogP contribution in [0.3, 0.4) is 0 Å². The lowest BCUT2D eigenvalue weighted by atomic mass is 10.1. The van der Waals surface area contributed by atoms with Gasteiger partial charge in [0.2, 0.25) is 0 Å². The van der Waals surface area contributed by atoms with E-state index >= 15 is 0 Å². The summed E-state index contributed by atoms with van der Waals surface area (Å²) in [7, 11) is 1.74. The lowest BCUT2D eigenvalue weighted by molar-refractivity contribution is 0.205. The van der Waals surface area contributed by atoms with Gasteiger partial charge < -0.3 is 14.7 Å². The molecule has 0 unspecified atom stereocenters. The zero-order valence-electron chi connectivity index (χ0n) is 15.6. The Hall–Kier alpha value is -2.34. The van der Waals surface area contributed by atoms with Gasteiger partial charge in [-0.3, -0.25) is 4.90 Å². The quantitative estimate of drug-likeness (QED) is 0.799. The van der Waals surface area contributed by atoms with Crippen LogP contribution in [0, 0.1) is 6.92 Å². The second kappa shape index (κ2) is 9.22. The highest BCUT2D eigenvalue weighted by atomic mass is 16.5. The lowest BCUT2D eigenvalue weighted by Crippen LogP contribution is -2.36. The molecule has 0 aliphatic rings. The number of nitrogens with zero attached hydrogens (tertiary/aromatic N) is 3. The number of carbonyl (C=O) groups excluding carboxylic acids is 1. The van der Waals surface area contributed by atoms with Crippen molar-refractivity contribution in [2.75, 3.05) is 20.1 Å². The summed E-state index contributed by atoms with van der Waals surface area (Å²) in [5, 5.41) is 6.83. The van der Waals surface area contributed by atoms with Crippen LogP contribution in [0.2, 0.25) is 0 Å². The fraction of sp³-hybridized carbons (Fsp3) is 0.474. The van der Waals surface area contributed by atoms with Gasteiger partial charge in [0.05, 0.1) is 6.54 Å². The van der Waals surface area contributed by atoms with Crippen LogP contribution in [0.1, 0.15) is 36.4 Å². The molecule has 25 heavy (non-hydrogen) atoms. The van der Waals surface area contributed by atoms with Gasteiger partial charge >= 0.3 is 6.03 Å². The summed E-state index contributed by atoms with van der Waals surface area (Å²) in [6.07, 6.45) is 0. The molecule has 0 radical (unpaired) electrons. The van der Waals surface area contributed by atoms with Crippen molar-refractivity contribution in [3.8, 4) is 0 Å². The number of aromatic nitrogens is 1. The van der Waals surface area contributed by atoms with Gasteiger partial charge in [-0.1, -0.05) is 43.3 Å². The van der Waals surface area contributed by atoms with Crippen molar-refractivity contribution in [1.82, 2.24) is 20.3 Å². The molecular formula is C19H28N4O2. The maximum absolute atomic E-state index is 12.2. The van der Waals surface area contributed by atoms with Crippen molar-refractivity contribution in [2.24, 2.45) is 0 Å². The number of hydrogen-bond donors (Lipinski definition) is 1. The highest BCUT2D eigenvalue weighted by Gasteiger charge is 2.11. The van der Waals surface area contributed by atoms with E-state index in [1.54, 1.807) is 11.9 Å². The highest BCUT2D eigenvalue weighted by Crippen LogP contribution is 2.08. The Kier molecular flexibility index (Phi) is 7.01. The summed E-state index contributed by atoms with van der Waals surface area (Å²) >= 11 is 0. The molecule has 1 aromatic heterocycles. The molecule has 0 spiro atoms. The van der Waals surface area contributed by atoms with Gasteiger partial charge in [0.15, 0.2) is 0 Å². The molecule has 2 rings (SSSR count). The number of carbonyl (C=O) groups is 1. The Bertz CT molecular complexity index is 662. The summed E-state index contributed by atoms with van der Waals surface area (Å²) < 4.78 is 5.02.